The topological polar surface area (TPSA) is 55.1 Å². The Bertz CT molecular complexity index is 463. The van der Waals surface area contributed by atoms with Crippen LogP contribution >= 0.6 is 0 Å². The molecular formula is C15H20N2O. The summed E-state index contributed by atoms with van der Waals surface area (Å²) in [6.45, 7) is 1.91. The van der Waals surface area contributed by atoms with Crippen LogP contribution < -0.4 is 11.1 Å². The minimum atomic E-state index is 0.0450. The Balaban J connectivity index is 1.75. The number of anilines is 1. The minimum absolute atomic E-state index is 0.0450. The van der Waals surface area contributed by atoms with E-state index in [0.29, 0.717) is 11.7 Å². The number of rotatable bonds is 4. The molecule has 0 aliphatic heterocycles. The maximum atomic E-state index is 12.3. The lowest BCUT2D eigenvalue weighted by Gasteiger charge is -2.18. The van der Waals surface area contributed by atoms with Gasteiger partial charge in [0.25, 0.3) is 5.91 Å². The van der Waals surface area contributed by atoms with Gasteiger partial charge < -0.3 is 11.1 Å². The molecule has 3 N–H and O–H groups in total. The van der Waals surface area contributed by atoms with Crippen molar-refractivity contribution in [3.05, 3.63) is 29.3 Å². The molecule has 0 radical (unpaired) electrons. The van der Waals surface area contributed by atoms with Crippen molar-refractivity contribution in [3.8, 4) is 0 Å². The number of amides is 1. The van der Waals surface area contributed by atoms with Gasteiger partial charge in [0.1, 0.15) is 0 Å². The maximum Gasteiger partial charge on any atom is 0.251 e. The summed E-state index contributed by atoms with van der Waals surface area (Å²) < 4.78 is 0. The minimum Gasteiger partial charge on any atom is -0.398 e. The second-order valence-corrected chi connectivity index (χ2v) is 5.69. The van der Waals surface area contributed by atoms with Crippen molar-refractivity contribution in [3.63, 3.8) is 0 Å². The highest BCUT2D eigenvalue weighted by Crippen LogP contribution is 2.44. The molecule has 0 saturated heterocycles. The summed E-state index contributed by atoms with van der Waals surface area (Å²) in [6.07, 6.45) is 5.10. The van der Waals surface area contributed by atoms with Gasteiger partial charge in [-0.05, 0) is 62.1 Å². The van der Waals surface area contributed by atoms with Gasteiger partial charge in [0.05, 0.1) is 0 Å². The van der Waals surface area contributed by atoms with E-state index < -0.39 is 0 Å². The van der Waals surface area contributed by atoms with Crippen LogP contribution in [0.5, 0.6) is 0 Å². The predicted molar refractivity (Wildman–Crippen MR) is 72.3 cm³/mol. The monoisotopic (exact) mass is 244 g/mol. The summed E-state index contributed by atoms with van der Waals surface area (Å²) in [5, 5.41) is 3.23. The maximum absolute atomic E-state index is 12.3. The highest BCUT2D eigenvalue weighted by atomic mass is 16.1. The number of nitrogen functional groups attached to an aromatic ring is 1. The largest absolute Gasteiger partial charge is 0.398 e. The fourth-order valence-electron chi connectivity index (χ4n) is 2.66. The molecule has 1 aromatic rings. The molecule has 2 fully saturated rings. The van der Waals surface area contributed by atoms with Crippen LogP contribution in [0.4, 0.5) is 5.69 Å². The first kappa shape index (κ1) is 11.6. The van der Waals surface area contributed by atoms with Gasteiger partial charge >= 0.3 is 0 Å². The van der Waals surface area contributed by atoms with Crippen molar-refractivity contribution in [2.24, 2.45) is 11.8 Å². The van der Waals surface area contributed by atoms with Crippen LogP contribution in [0, 0.1) is 18.8 Å². The number of hydrogen-bond acceptors (Lipinski definition) is 2. The molecule has 0 bridgehead atoms. The van der Waals surface area contributed by atoms with Gasteiger partial charge in [0.15, 0.2) is 0 Å². The van der Waals surface area contributed by atoms with Gasteiger partial charge in [-0.25, -0.2) is 0 Å². The summed E-state index contributed by atoms with van der Waals surface area (Å²) in [6, 6.07) is 5.95. The second-order valence-electron chi connectivity index (χ2n) is 5.69. The van der Waals surface area contributed by atoms with Crippen molar-refractivity contribution >= 4 is 11.6 Å². The lowest BCUT2D eigenvalue weighted by atomic mass is 10.0. The summed E-state index contributed by atoms with van der Waals surface area (Å²) in [7, 11) is 0. The molecule has 1 aromatic carbocycles. The van der Waals surface area contributed by atoms with E-state index in [-0.39, 0.29) is 5.91 Å². The van der Waals surface area contributed by atoms with Crippen molar-refractivity contribution < 1.29 is 4.79 Å². The van der Waals surface area contributed by atoms with Gasteiger partial charge in [-0.15, -0.1) is 0 Å². The SMILES string of the molecule is Cc1c(N)cccc1C(=O)NC(C1CC1)C1CC1. The van der Waals surface area contributed by atoms with Crippen LogP contribution in [0.15, 0.2) is 18.2 Å². The van der Waals surface area contributed by atoms with Crippen molar-refractivity contribution in [1.82, 2.24) is 5.32 Å². The van der Waals surface area contributed by atoms with Gasteiger partial charge in [-0.1, -0.05) is 6.07 Å². The Morgan fingerprint density at radius 2 is 1.89 bits per heavy atom. The van der Waals surface area contributed by atoms with E-state index in [1.807, 2.05) is 25.1 Å². The first-order valence-corrected chi connectivity index (χ1v) is 6.83. The number of benzene rings is 1. The van der Waals surface area contributed by atoms with Crippen LogP contribution in [0.1, 0.15) is 41.6 Å². The molecular weight excluding hydrogens is 224 g/mol. The Morgan fingerprint density at radius 3 is 2.44 bits per heavy atom. The highest BCUT2D eigenvalue weighted by molar-refractivity contribution is 5.97. The molecule has 0 aromatic heterocycles. The number of hydrogen-bond donors (Lipinski definition) is 2. The third kappa shape index (κ3) is 2.22. The third-order valence-corrected chi connectivity index (χ3v) is 4.18. The van der Waals surface area contributed by atoms with E-state index in [2.05, 4.69) is 5.32 Å². The fourth-order valence-corrected chi connectivity index (χ4v) is 2.66. The van der Waals surface area contributed by atoms with Gasteiger partial charge in [0, 0.05) is 17.3 Å². The van der Waals surface area contributed by atoms with Gasteiger partial charge in [-0.2, -0.15) is 0 Å². The molecule has 18 heavy (non-hydrogen) atoms. The molecule has 2 saturated carbocycles. The van der Waals surface area contributed by atoms with Gasteiger partial charge in [-0.3, -0.25) is 4.79 Å². The Labute approximate surface area is 108 Å². The number of carbonyl (C=O) groups excluding carboxylic acids is 1. The molecule has 0 heterocycles. The second kappa shape index (κ2) is 4.30. The Morgan fingerprint density at radius 1 is 1.28 bits per heavy atom. The summed E-state index contributed by atoms with van der Waals surface area (Å²) >= 11 is 0. The van der Waals surface area contributed by atoms with Crippen LogP contribution in [0.2, 0.25) is 0 Å². The van der Waals surface area contributed by atoms with E-state index >= 15 is 0 Å². The third-order valence-electron chi connectivity index (χ3n) is 4.18. The summed E-state index contributed by atoms with van der Waals surface area (Å²) in [5.41, 5.74) is 8.16. The van der Waals surface area contributed by atoms with Crippen molar-refractivity contribution in [1.29, 1.82) is 0 Å². The Kier molecular flexibility index (Phi) is 2.77. The van der Waals surface area contributed by atoms with Gasteiger partial charge in [0.2, 0.25) is 0 Å². The molecule has 2 aliphatic rings. The zero-order valence-electron chi connectivity index (χ0n) is 10.8. The molecule has 2 aliphatic carbocycles. The van der Waals surface area contributed by atoms with Crippen LogP contribution in [-0.2, 0) is 0 Å². The lowest BCUT2D eigenvalue weighted by Crippen LogP contribution is -2.38. The lowest BCUT2D eigenvalue weighted by molar-refractivity contribution is 0.0925. The average molecular weight is 244 g/mol. The van der Waals surface area contributed by atoms with Crippen molar-refractivity contribution in [2.75, 3.05) is 5.73 Å². The molecule has 3 heteroatoms. The number of carbonyl (C=O) groups is 1. The Hall–Kier alpha value is -1.51. The zero-order valence-corrected chi connectivity index (χ0v) is 10.8. The first-order valence-electron chi connectivity index (χ1n) is 6.83. The molecule has 3 rings (SSSR count). The van der Waals surface area contributed by atoms with Crippen LogP contribution in [0.3, 0.4) is 0 Å². The van der Waals surface area contributed by atoms with E-state index in [0.717, 1.165) is 23.0 Å². The average Bonchev–Trinajstić information content (AvgIpc) is 3.22. The molecule has 96 valence electrons. The smallest absolute Gasteiger partial charge is 0.251 e. The molecule has 1 amide bonds. The molecule has 0 unspecified atom stereocenters. The first-order chi connectivity index (χ1) is 8.66. The van der Waals surface area contributed by atoms with Crippen LogP contribution in [-0.4, -0.2) is 11.9 Å². The number of nitrogens with one attached hydrogen (secondary N) is 1. The van der Waals surface area contributed by atoms with E-state index in [1.165, 1.54) is 25.7 Å². The predicted octanol–water partition coefficient (Wildman–Crippen LogP) is 2.50. The van der Waals surface area contributed by atoms with Crippen molar-refractivity contribution in [2.45, 2.75) is 38.6 Å². The summed E-state index contributed by atoms with van der Waals surface area (Å²) in [5.74, 6) is 1.49. The normalized spacial score (nSPS) is 19.0. The van der Waals surface area contributed by atoms with E-state index in [9.17, 15) is 4.79 Å². The zero-order chi connectivity index (χ0) is 12.7. The molecule has 0 spiro atoms. The summed E-state index contributed by atoms with van der Waals surface area (Å²) in [4.78, 5) is 12.3. The molecule has 0 atom stereocenters. The fraction of sp³-hybridized carbons (Fsp3) is 0.533. The standard InChI is InChI=1S/C15H20N2O/c1-9-12(3-2-4-13(9)16)15(18)17-14(10-5-6-10)11-7-8-11/h2-4,10-11,14H,5-8,16H2,1H3,(H,17,18). The van der Waals surface area contributed by atoms with Crippen LogP contribution in [0.25, 0.3) is 0 Å². The number of nitrogens with two attached hydrogens (primary N) is 1. The van der Waals surface area contributed by atoms with E-state index in [4.69, 9.17) is 5.73 Å². The quantitative estimate of drug-likeness (QED) is 0.799. The molecule has 3 nitrogen and oxygen atoms in total. The van der Waals surface area contributed by atoms with E-state index in [1.54, 1.807) is 0 Å². The highest BCUT2D eigenvalue weighted by Gasteiger charge is 2.42.